The van der Waals surface area contributed by atoms with Crippen LogP contribution in [0.25, 0.3) is 10.9 Å². The fourth-order valence-corrected chi connectivity index (χ4v) is 3.25. The number of aliphatic carboxylic acids is 1. The lowest BCUT2D eigenvalue weighted by Gasteiger charge is -2.27. The number of benzene rings is 1. The Balaban J connectivity index is 2.27. The van der Waals surface area contributed by atoms with Crippen molar-refractivity contribution in [3.05, 3.63) is 23.4 Å². The molecule has 118 valence electrons. The maximum atomic E-state index is 11.5. The number of fused-ring (bicyclic) bond motifs is 3. The van der Waals surface area contributed by atoms with Crippen LogP contribution in [-0.2, 0) is 4.79 Å². The lowest BCUT2D eigenvalue weighted by molar-refractivity contribution is -0.140. The number of hydrogen-bond acceptors (Lipinski definition) is 4. The molecule has 2 heterocycles. The van der Waals surface area contributed by atoms with Gasteiger partial charge in [-0.1, -0.05) is 6.92 Å². The van der Waals surface area contributed by atoms with E-state index < -0.39 is 12.0 Å². The molecule has 1 aromatic heterocycles. The Labute approximate surface area is 128 Å². The maximum absolute atomic E-state index is 11.5. The van der Waals surface area contributed by atoms with Gasteiger partial charge in [0.2, 0.25) is 0 Å². The molecular weight excluding hydrogens is 284 g/mol. The van der Waals surface area contributed by atoms with Gasteiger partial charge in [0.05, 0.1) is 14.2 Å². The third-order valence-corrected chi connectivity index (χ3v) is 4.38. The molecule has 0 spiro atoms. The average Bonchev–Trinajstić information content (AvgIpc) is 2.90. The summed E-state index contributed by atoms with van der Waals surface area (Å²) in [6, 6.07) is 3.08. The van der Waals surface area contributed by atoms with Crippen molar-refractivity contribution < 1.29 is 19.4 Å². The van der Waals surface area contributed by atoms with Crippen molar-refractivity contribution in [2.75, 3.05) is 20.8 Å². The Morgan fingerprint density at radius 2 is 2.00 bits per heavy atom. The normalized spacial score (nSPS) is 20.7. The van der Waals surface area contributed by atoms with Gasteiger partial charge in [-0.05, 0) is 24.0 Å². The molecule has 3 rings (SSSR count). The van der Waals surface area contributed by atoms with E-state index in [0.29, 0.717) is 18.0 Å². The summed E-state index contributed by atoms with van der Waals surface area (Å²) in [7, 11) is 3.19. The maximum Gasteiger partial charge on any atom is 0.326 e. The highest BCUT2D eigenvalue weighted by molar-refractivity contribution is 5.91. The molecule has 6 heteroatoms. The van der Waals surface area contributed by atoms with Crippen LogP contribution in [0.4, 0.5) is 0 Å². The largest absolute Gasteiger partial charge is 0.493 e. The SMILES string of the molecule is CCC1CNC(C(=O)O)c2[nH]c3cc(OC)c(OC)cc3c21. The zero-order valence-corrected chi connectivity index (χ0v) is 12.9. The van der Waals surface area contributed by atoms with E-state index in [1.807, 2.05) is 12.1 Å². The molecule has 0 radical (unpaired) electrons. The average molecular weight is 304 g/mol. The molecule has 1 aliphatic rings. The van der Waals surface area contributed by atoms with Crippen molar-refractivity contribution in [1.82, 2.24) is 10.3 Å². The summed E-state index contributed by atoms with van der Waals surface area (Å²) in [5.41, 5.74) is 2.68. The first-order chi connectivity index (χ1) is 10.6. The number of nitrogens with one attached hydrogen (secondary N) is 2. The molecule has 0 fully saturated rings. The Morgan fingerprint density at radius 3 is 2.59 bits per heavy atom. The third kappa shape index (κ3) is 2.11. The number of aromatic amines is 1. The predicted molar refractivity (Wildman–Crippen MR) is 82.8 cm³/mol. The van der Waals surface area contributed by atoms with Crippen molar-refractivity contribution in [2.45, 2.75) is 25.3 Å². The standard InChI is InChI=1S/C16H20N2O4/c1-4-8-7-17-15(16(19)20)14-13(8)9-5-11(21-2)12(22-3)6-10(9)18-14/h5-6,8,15,17-18H,4,7H2,1-3H3,(H,19,20). The minimum Gasteiger partial charge on any atom is -0.493 e. The highest BCUT2D eigenvalue weighted by Gasteiger charge is 2.34. The van der Waals surface area contributed by atoms with Crippen LogP contribution in [0, 0.1) is 0 Å². The number of carboxylic acid groups (broad SMARTS) is 1. The quantitative estimate of drug-likeness (QED) is 0.808. The van der Waals surface area contributed by atoms with Gasteiger partial charge >= 0.3 is 5.97 Å². The smallest absolute Gasteiger partial charge is 0.326 e. The van der Waals surface area contributed by atoms with Crippen molar-refractivity contribution >= 4 is 16.9 Å². The van der Waals surface area contributed by atoms with Gasteiger partial charge in [0, 0.05) is 29.2 Å². The first-order valence-electron chi connectivity index (χ1n) is 7.34. The van der Waals surface area contributed by atoms with Crippen LogP contribution >= 0.6 is 0 Å². The van der Waals surface area contributed by atoms with E-state index in [-0.39, 0.29) is 5.92 Å². The van der Waals surface area contributed by atoms with Gasteiger partial charge < -0.3 is 19.6 Å². The van der Waals surface area contributed by atoms with Crippen molar-refractivity contribution in [1.29, 1.82) is 0 Å². The molecule has 0 amide bonds. The Hall–Kier alpha value is -2.21. The third-order valence-electron chi connectivity index (χ3n) is 4.38. The molecule has 2 unspecified atom stereocenters. The summed E-state index contributed by atoms with van der Waals surface area (Å²) in [5, 5.41) is 13.5. The summed E-state index contributed by atoms with van der Waals surface area (Å²) in [5.74, 6) is 0.678. The number of ether oxygens (including phenoxy) is 2. The highest BCUT2D eigenvalue weighted by atomic mass is 16.5. The monoisotopic (exact) mass is 304 g/mol. The Kier molecular flexibility index (Phi) is 3.70. The summed E-state index contributed by atoms with van der Waals surface area (Å²) in [4.78, 5) is 14.8. The van der Waals surface area contributed by atoms with Gasteiger partial charge in [-0.2, -0.15) is 0 Å². The van der Waals surface area contributed by atoms with Gasteiger partial charge in [-0.3, -0.25) is 10.1 Å². The number of methoxy groups -OCH3 is 2. The molecule has 0 saturated heterocycles. The van der Waals surface area contributed by atoms with Gasteiger partial charge in [-0.15, -0.1) is 0 Å². The van der Waals surface area contributed by atoms with Crippen LogP contribution in [0.3, 0.4) is 0 Å². The Bertz CT molecular complexity index is 722. The molecule has 0 bridgehead atoms. The molecular formula is C16H20N2O4. The summed E-state index contributed by atoms with van der Waals surface area (Å²) in [6.07, 6.45) is 0.938. The molecule has 6 nitrogen and oxygen atoms in total. The number of H-pyrrole nitrogens is 1. The van der Waals surface area contributed by atoms with Crippen molar-refractivity contribution in [3.8, 4) is 11.5 Å². The van der Waals surface area contributed by atoms with Crippen LogP contribution in [0.5, 0.6) is 11.5 Å². The van der Waals surface area contributed by atoms with Crippen LogP contribution in [0.1, 0.15) is 36.6 Å². The number of carboxylic acids is 1. The van der Waals surface area contributed by atoms with E-state index in [9.17, 15) is 9.90 Å². The van der Waals surface area contributed by atoms with Crippen molar-refractivity contribution in [2.24, 2.45) is 0 Å². The minimum atomic E-state index is -0.874. The summed E-state index contributed by atoms with van der Waals surface area (Å²) in [6.45, 7) is 2.76. The molecule has 1 aromatic carbocycles. The molecule has 0 aliphatic carbocycles. The second kappa shape index (κ2) is 5.53. The minimum absolute atomic E-state index is 0.275. The molecule has 2 aromatic rings. The Morgan fingerprint density at radius 1 is 1.32 bits per heavy atom. The van der Waals surface area contributed by atoms with Gasteiger partial charge in [-0.25, -0.2) is 0 Å². The first kappa shape index (κ1) is 14.7. The lowest BCUT2D eigenvalue weighted by atomic mass is 9.88. The van der Waals surface area contributed by atoms with E-state index in [4.69, 9.17) is 9.47 Å². The van der Waals surface area contributed by atoms with E-state index in [2.05, 4.69) is 17.2 Å². The number of rotatable bonds is 4. The van der Waals surface area contributed by atoms with E-state index in [1.165, 1.54) is 0 Å². The lowest BCUT2D eigenvalue weighted by Crippen LogP contribution is -2.37. The van der Waals surface area contributed by atoms with Gasteiger partial charge in [0.25, 0.3) is 0 Å². The topological polar surface area (TPSA) is 83.6 Å². The highest BCUT2D eigenvalue weighted by Crippen LogP contribution is 2.41. The van der Waals surface area contributed by atoms with Crippen LogP contribution < -0.4 is 14.8 Å². The molecule has 1 aliphatic heterocycles. The first-order valence-corrected chi connectivity index (χ1v) is 7.34. The van der Waals surface area contributed by atoms with Crippen LogP contribution in [0.2, 0.25) is 0 Å². The predicted octanol–water partition coefficient (Wildman–Crippen LogP) is 2.41. The van der Waals surface area contributed by atoms with Gasteiger partial charge in [0.15, 0.2) is 11.5 Å². The fourth-order valence-electron chi connectivity index (χ4n) is 3.25. The second-order valence-electron chi connectivity index (χ2n) is 5.49. The number of carbonyl (C=O) groups is 1. The number of aromatic nitrogens is 1. The zero-order valence-electron chi connectivity index (χ0n) is 12.9. The summed E-state index contributed by atoms with van der Waals surface area (Å²) < 4.78 is 10.7. The van der Waals surface area contributed by atoms with E-state index in [1.54, 1.807) is 14.2 Å². The summed E-state index contributed by atoms with van der Waals surface area (Å²) >= 11 is 0. The molecule has 22 heavy (non-hydrogen) atoms. The molecule has 3 N–H and O–H groups in total. The number of hydrogen-bond donors (Lipinski definition) is 3. The van der Waals surface area contributed by atoms with E-state index >= 15 is 0 Å². The van der Waals surface area contributed by atoms with Crippen LogP contribution in [0.15, 0.2) is 12.1 Å². The fraction of sp³-hybridized carbons (Fsp3) is 0.438. The van der Waals surface area contributed by atoms with E-state index in [0.717, 1.165) is 28.6 Å². The van der Waals surface area contributed by atoms with Gasteiger partial charge in [0.1, 0.15) is 6.04 Å². The van der Waals surface area contributed by atoms with Crippen molar-refractivity contribution in [3.63, 3.8) is 0 Å². The molecule has 2 atom stereocenters. The zero-order chi connectivity index (χ0) is 15.9. The van der Waals surface area contributed by atoms with Crippen LogP contribution in [-0.4, -0.2) is 36.8 Å². The second-order valence-corrected chi connectivity index (χ2v) is 5.49. The molecule has 0 saturated carbocycles.